The molecule has 1 aromatic heterocycles. The molecular weight excluding hydrogens is 205 g/mol. The lowest BCUT2D eigenvalue weighted by atomic mass is 9.87. The van der Waals surface area contributed by atoms with Crippen molar-refractivity contribution in [2.75, 3.05) is 0 Å². The zero-order valence-electron chi connectivity index (χ0n) is 9.71. The number of hydrogen-bond acceptors (Lipinski definition) is 2. The van der Waals surface area contributed by atoms with E-state index < -0.39 is 0 Å². The second-order valence-electron chi connectivity index (χ2n) is 5.13. The van der Waals surface area contributed by atoms with Gasteiger partial charge in [0, 0.05) is 0 Å². The highest BCUT2D eigenvalue weighted by molar-refractivity contribution is 5.75. The summed E-state index contributed by atoms with van der Waals surface area (Å²) in [5.41, 5.74) is 7.45. The van der Waals surface area contributed by atoms with E-state index in [1.165, 1.54) is 12.1 Å². The van der Waals surface area contributed by atoms with Gasteiger partial charge < -0.3 is 10.7 Å². The van der Waals surface area contributed by atoms with Gasteiger partial charge in [-0.2, -0.15) is 0 Å². The van der Waals surface area contributed by atoms with Gasteiger partial charge in [0.05, 0.1) is 17.1 Å². The fourth-order valence-corrected chi connectivity index (χ4v) is 1.56. The van der Waals surface area contributed by atoms with Crippen molar-refractivity contribution >= 4 is 11.0 Å². The first kappa shape index (κ1) is 11.1. The second kappa shape index (κ2) is 3.56. The smallest absolute Gasteiger partial charge is 0.125 e. The van der Waals surface area contributed by atoms with E-state index in [2.05, 4.69) is 9.97 Å². The van der Waals surface area contributed by atoms with Gasteiger partial charge in [0.2, 0.25) is 0 Å². The van der Waals surface area contributed by atoms with Gasteiger partial charge in [0.25, 0.3) is 0 Å². The van der Waals surface area contributed by atoms with Crippen LogP contribution in [0, 0.1) is 11.2 Å². The summed E-state index contributed by atoms with van der Waals surface area (Å²) in [5, 5.41) is 0. The third kappa shape index (κ3) is 1.93. The van der Waals surface area contributed by atoms with E-state index in [-0.39, 0.29) is 17.3 Å². The minimum absolute atomic E-state index is 0.0770. The Labute approximate surface area is 93.9 Å². The van der Waals surface area contributed by atoms with Crippen LogP contribution >= 0.6 is 0 Å². The summed E-state index contributed by atoms with van der Waals surface area (Å²) in [6, 6.07) is 4.29. The molecule has 1 heterocycles. The Morgan fingerprint density at radius 3 is 2.69 bits per heavy atom. The van der Waals surface area contributed by atoms with Gasteiger partial charge in [-0.05, 0) is 23.6 Å². The number of rotatable bonds is 1. The Morgan fingerprint density at radius 2 is 2.06 bits per heavy atom. The highest BCUT2D eigenvalue weighted by Crippen LogP contribution is 2.29. The van der Waals surface area contributed by atoms with Crippen molar-refractivity contribution in [3.63, 3.8) is 0 Å². The molecule has 0 amide bonds. The van der Waals surface area contributed by atoms with Crippen molar-refractivity contribution in [3.05, 3.63) is 29.8 Å². The van der Waals surface area contributed by atoms with Crippen LogP contribution in [0.1, 0.15) is 32.6 Å². The summed E-state index contributed by atoms with van der Waals surface area (Å²) in [5.74, 6) is 0.431. The molecule has 2 aromatic rings. The van der Waals surface area contributed by atoms with Crippen LogP contribution in [0.25, 0.3) is 11.0 Å². The van der Waals surface area contributed by atoms with E-state index in [1.807, 2.05) is 20.8 Å². The largest absolute Gasteiger partial charge is 0.341 e. The minimum Gasteiger partial charge on any atom is -0.341 e. The van der Waals surface area contributed by atoms with Crippen LogP contribution in [-0.2, 0) is 0 Å². The molecule has 86 valence electrons. The highest BCUT2D eigenvalue weighted by atomic mass is 19.1. The Balaban J connectivity index is 2.47. The Morgan fingerprint density at radius 1 is 1.38 bits per heavy atom. The van der Waals surface area contributed by atoms with Gasteiger partial charge in [-0.3, -0.25) is 0 Å². The zero-order chi connectivity index (χ0) is 11.9. The topological polar surface area (TPSA) is 54.7 Å². The van der Waals surface area contributed by atoms with E-state index in [1.54, 1.807) is 6.07 Å². The number of fused-ring (bicyclic) bond motifs is 1. The van der Waals surface area contributed by atoms with Crippen LogP contribution in [0.15, 0.2) is 18.2 Å². The molecule has 1 aromatic carbocycles. The van der Waals surface area contributed by atoms with Crippen molar-refractivity contribution in [1.82, 2.24) is 9.97 Å². The molecule has 3 N–H and O–H groups in total. The molecule has 1 unspecified atom stereocenters. The lowest BCUT2D eigenvalue weighted by Gasteiger charge is -2.24. The Kier molecular flexibility index (Phi) is 2.46. The van der Waals surface area contributed by atoms with Gasteiger partial charge in [-0.15, -0.1) is 0 Å². The molecule has 3 nitrogen and oxygen atoms in total. The minimum atomic E-state index is -0.271. The van der Waals surface area contributed by atoms with Crippen LogP contribution in [0.5, 0.6) is 0 Å². The fraction of sp³-hybridized carbons (Fsp3) is 0.417. The summed E-state index contributed by atoms with van der Waals surface area (Å²) >= 11 is 0. The molecule has 0 saturated heterocycles. The van der Waals surface area contributed by atoms with Crippen LogP contribution in [0.4, 0.5) is 4.39 Å². The number of nitrogens with two attached hydrogens (primary N) is 1. The van der Waals surface area contributed by atoms with Gasteiger partial charge >= 0.3 is 0 Å². The number of aromatic amines is 1. The average molecular weight is 221 g/mol. The predicted molar refractivity (Wildman–Crippen MR) is 62.4 cm³/mol. The fourth-order valence-electron chi connectivity index (χ4n) is 1.56. The van der Waals surface area contributed by atoms with Gasteiger partial charge in [-0.25, -0.2) is 9.37 Å². The maximum absolute atomic E-state index is 13.0. The number of hydrogen-bond donors (Lipinski definition) is 2. The summed E-state index contributed by atoms with van der Waals surface area (Å²) in [7, 11) is 0. The average Bonchev–Trinajstić information content (AvgIpc) is 2.57. The highest BCUT2D eigenvalue weighted by Gasteiger charge is 2.25. The first-order chi connectivity index (χ1) is 7.38. The molecule has 0 aliphatic carbocycles. The number of H-pyrrole nitrogens is 1. The summed E-state index contributed by atoms with van der Waals surface area (Å²) in [4.78, 5) is 7.44. The van der Waals surface area contributed by atoms with Crippen molar-refractivity contribution in [1.29, 1.82) is 0 Å². The third-order valence-corrected chi connectivity index (χ3v) is 2.69. The Bertz CT molecular complexity index is 510. The van der Waals surface area contributed by atoms with Crippen LogP contribution in [0.3, 0.4) is 0 Å². The van der Waals surface area contributed by atoms with Crippen molar-refractivity contribution in [2.24, 2.45) is 11.1 Å². The summed E-state index contributed by atoms with van der Waals surface area (Å²) in [6.45, 7) is 6.14. The normalized spacial score (nSPS) is 14.3. The molecule has 0 aliphatic rings. The second-order valence-corrected chi connectivity index (χ2v) is 5.13. The summed E-state index contributed by atoms with van der Waals surface area (Å²) in [6.07, 6.45) is 0. The van der Waals surface area contributed by atoms with Crippen LogP contribution in [0.2, 0.25) is 0 Å². The zero-order valence-corrected chi connectivity index (χ0v) is 9.71. The standard InChI is InChI=1S/C12H16FN3/c1-12(2,3)10(14)11-15-8-5-4-7(13)6-9(8)16-11/h4-6,10H,14H2,1-3H3,(H,15,16). The van der Waals surface area contributed by atoms with E-state index in [9.17, 15) is 4.39 Å². The van der Waals surface area contributed by atoms with E-state index in [0.29, 0.717) is 11.3 Å². The van der Waals surface area contributed by atoms with E-state index in [0.717, 1.165) is 5.52 Å². The lowest BCUT2D eigenvalue weighted by molar-refractivity contribution is 0.317. The molecule has 0 aliphatic heterocycles. The number of aromatic nitrogens is 2. The number of nitrogens with zero attached hydrogens (tertiary/aromatic N) is 1. The molecule has 0 fully saturated rings. The van der Waals surface area contributed by atoms with Gasteiger partial charge in [0.15, 0.2) is 0 Å². The molecule has 0 spiro atoms. The number of nitrogens with one attached hydrogen (secondary N) is 1. The quantitative estimate of drug-likeness (QED) is 0.778. The lowest BCUT2D eigenvalue weighted by Crippen LogP contribution is -2.27. The van der Waals surface area contributed by atoms with Crippen molar-refractivity contribution in [3.8, 4) is 0 Å². The molecule has 2 rings (SSSR count). The Hall–Kier alpha value is -1.42. The van der Waals surface area contributed by atoms with Gasteiger partial charge in [-0.1, -0.05) is 20.8 Å². The summed E-state index contributed by atoms with van der Waals surface area (Å²) < 4.78 is 13.0. The predicted octanol–water partition coefficient (Wildman–Crippen LogP) is 2.75. The molecule has 0 radical (unpaired) electrons. The molecule has 0 bridgehead atoms. The maximum atomic E-state index is 13.0. The molecule has 4 heteroatoms. The van der Waals surface area contributed by atoms with E-state index in [4.69, 9.17) is 5.73 Å². The third-order valence-electron chi connectivity index (χ3n) is 2.69. The van der Waals surface area contributed by atoms with Crippen molar-refractivity contribution in [2.45, 2.75) is 26.8 Å². The molecular formula is C12H16FN3. The molecule has 1 atom stereocenters. The molecule has 0 saturated carbocycles. The number of benzene rings is 1. The van der Waals surface area contributed by atoms with E-state index >= 15 is 0 Å². The van der Waals surface area contributed by atoms with Crippen molar-refractivity contribution < 1.29 is 4.39 Å². The number of halogens is 1. The SMILES string of the molecule is CC(C)(C)C(N)c1nc2ccc(F)cc2[nH]1. The van der Waals surface area contributed by atoms with Crippen LogP contribution < -0.4 is 5.73 Å². The monoisotopic (exact) mass is 221 g/mol. The number of imidazole rings is 1. The van der Waals surface area contributed by atoms with Gasteiger partial charge in [0.1, 0.15) is 11.6 Å². The maximum Gasteiger partial charge on any atom is 0.125 e. The molecule has 16 heavy (non-hydrogen) atoms. The first-order valence-electron chi connectivity index (χ1n) is 5.28. The van der Waals surface area contributed by atoms with Crippen LogP contribution in [-0.4, -0.2) is 9.97 Å². The first-order valence-corrected chi connectivity index (χ1v) is 5.28.